The first-order valence-electron chi connectivity index (χ1n) is 10.2. The topological polar surface area (TPSA) is 147 Å². The molecule has 168 valence electrons. The summed E-state index contributed by atoms with van der Waals surface area (Å²) in [4.78, 5) is 11.5. The van der Waals surface area contributed by atoms with Crippen LogP contribution in [0.5, 0.6) is 23.0 Å². The third-order valence-electron chi connectivity index (χ3n) is 5.21. The highest BCUT2D eigenvalue weighted by Gasteiger charge is 2.21. The molecule has 0 saturated heterocycles. The van der Waals surface area contributed by atoms with E-state index in [2.05, 4.69) is 21.1 Å². The molecule has 9 nitrogen and oxygen atoms in total. The Hall–Kier alpha value is -4.53. The molecule has 3 aromatic carbocycles. The van der Waals surface area contributed by atoms with Crippen LogP contribution in [0, 0.1) is 5.92 Å². The van der Waals surface area contributed by atoms with Gasteiger partial charge in [-0.2, -0.15) is 10.2 Å². The zero-order valence-electron chi connectivity index (χ0n) is 17.6. The highest BCUT2D eigenvalue weighted by molar-refractivity contribution is 6.16. The molecule has 0 spiro atoms. The van der Waals surface area contributed by atoms with Gasteiger partial charge in [0, 0.05) is 35.6 Å². The number of carbonyl (C=O) groups is 1. The third-order valence-corrected chi connectivity index (χ3v) is 5.21. The van der Waals surface area contributed by atoms with Gasteiger partial charge in [0.25, 0.3) is 0 Å². The molecular weight excluding hydrogens is 424 g/mol. The number of nitrogens with zero attached hydrogens (tertiary/aromatic N) is 2. The second kappa shape index (κ2) is 8.91. The van der Waals surface area contributed by atoms with E-state index in [0.717, 1.165) is 11.3 Å². The van der Waals surface area contributed by atoms with Crippen LogP contribution in [0.3, 0.4) is 0 Å². The maximum Gasteiger partial charge on any atom is 0.240 e. The van der Waals surface area contributed by atoms with Crippen molar-refractivity contribution in [2.45, 2.75) is 13.3 Å². The smallest absolute Gasteiger partial charge is 0.240 e. The standard InChI is InChI=1S/C24H22N4O5/c1-13-10-22(33)26-27-23(13)14-2-4-15(5-3-14)25-28-24(18-8-6-16(29)11-20(18)31)19-9-7-17(30)12-21(19)32/h2-9,11-13,25,29-32H,10H2,1H3,(H,26,33). The molecule has 1 unspecified atom stereocenters. The van der Waals surface area contributed by atoms with Crippen molar-refractivity contribution in [1.82, 2.24) is 5.43 Å². The van der Waals surface area contributed by atoms with Crippen LogP contribution in [0.1, 0.15) is 30.0 Å². The number of benzene rings is 3. The van der Waals surface area contributed by atoms with Crippen LogP contribution < -0.4 is 10.9 Å². The van der Waals surface area contributed by atoms with Gasteiger partial charge in [-0.15, -0.1) is 0 Å². The second-order valence-electron chi connectivity index (χ2n) is 7.69. The second-order valence-corrected chi connectivity index (χ2v) is 7.69. The SMILES string of the molecule is CC1CC(=O)NN=C1c1ccc(NN=C(c2ccc(O)cc2O)c2ccc(O)cc2O)cc1. The molecule has 0 radical (unpaired) electrons. The van der Waals surface area contributed by atoms with Gasteiger partial charge in [-0.1, -0.05) is 19.1 Å². The minimum absolute atomic E-state index is 0.00266. The summed E-state index contributed by atoms with van der Waals surface area (Å²) in [7, 11) is 0. The zero-order valence-corrected chi connectivity index (χ0v) is 17.6. The Morgan fingerprint density at radius 3 is 2.03 bits per heavy atom. The first kappa shape index (κ1) is 21.7. The van der Waals surface area contributed by atoms with Gasteiger partial charge in [0.05, 0.1) is 11.4 Å². The molecule has 4 rings (SSSR count). The van der Waals surface area contributed by atoms with Crippen LogP contribution in [0.2, 0.25) is 0 Å². The molecule has 0 bridgehead atoms. The number of hydrazone groups is 2. The summed E-state index contributed by atoms with van der Waals surface area (Å²) in [5, 5.41) is 48.5. The molecule has 1 heterocycles. The number of nitrogens with one attached hydrogen (secondary N) is 2. The number of phenolic OH excluding ortho intramolecular Hbond substituents is 4. The molecule has 0 aliphatic carbocycles. The number of rotatable bonds is 5. The van der Waals surface area contributed by atoms with Crippen molar-refractivity contribution in [1.29, 1.82) is 0 Å². The highest BCUT2D eigenvalue weighted by Crippen LogP contribution is 2.31. The van der Waals surface area contributed by atoms with Crippen molar-refractivity contribution in [3.05, 3.63) is 77.4 Å². The Morgan fingerprint density at radius 1 is 0.939 bits per heavy atom. The molecule has 0 aromatic heterocycles. The van der Waals surface area contributed by atoms with Crippen molar-refractivity contribution in [3.8, 4) is 23.0 Å². The predicted molar refractivity (Wildman–Crippen MR) is 124 cm³/mol. The van der Waals surface area contributed by atoms with Gasteiger partial charge in [-0.25, -0.2) is 5.43 Å². The van der Waals surface area contributed by atoms with Crippen LogP contribution in [0.4, 0.5) is 5.69 Å². The first-order valence-corrected chi connectivity index (χ1v) is 10.2. The molecule has 0 fully saturated rings. The third kappa shape index (κ3) is 4.72. The van der Waals surface area contributed by atoms with E-state index in [4.69, 9.17) is 0 Å². The van der Waals surface area contributed by atoms with Crippen LogP contribution in [0.15, 0.2) is 70.9 Å². The lowest BCUT2D eigenvalue weighted by Crippen LogP contribution is -2.31. The molecule has 6 N–H and O–H groups in total. The maximum absolute atomic E-state index is 11.5. The molecule has 1 aliphatic heterocycles. The van der Waals surface area contributed by atoms with Gasteiger partial charge >= 0.3 is 0 Å². The fraction of sp³-hybridized carbons (Fsp3) is 0.125. The largest absolute Gasteiger partial charge is 0.508 e. The number of hydrogen-bond donors (Lipinski definition) is 6. The van der Waals surface area contributed by atoms with E-state index in [-0.39, 0.29) is 51.7 Å². The molecule has 33 heavy (non-hydrogen) atoms. The zero-order chi connectivity index (χ0) is 23.5. The fourth-order valence-corrected chi connectivity index (χ4v) is 3.54. The van der Waals surface area contributed by atoms with Crippen LogP contribution in [0.25, 0.3) is 0 Å². The predicted octanol–water partition coefficient (Wildman–Crippen LogP) is 3.23. The quantitative estimate of drug-likeness (QED) is 0.262. The van der Waals surface area contributed by atoms with Crippen molar-refractivity contribution >= 4 is 23.0 Å². The van der Waals surface area contributed by atoms with E-state index in [1.807, 2.05) is 19.1 Å². The minimum atomic E-state index is -0.232. The normalized spacial score (nSPS) is 15.4. The summed E-state index contributed by atoms with van der Waals surface area (Å²) in [5.74, 6) is -0.817. The van der Waals surface area contributed by atoms with E-state index in [1.165, 1.54) is 36.4 Å². The van der Waals surface area contributed by atoms with Gasteiger partial charge in [-0.05, 0) is 42.0 Å². The van der Waals surface area contributed by atoms with Gasteiger partial charge in [0.15, 0.2) is 0 Å². The van der Waals surface area contributed by atoms with Gasteiger partial charge in [-0.3, -0.25) is 10.2 Å². The highest BCUT2D eigenvalue weighted by atomic mass is 16.3. The number of aromatic hydroxyl groups is 4. The summed E-state index contributed by atoms with van der Waals surface area (Å²) in [6.07, 6.45) is 0.374. The number of anilines is 1. The van der Waals surface area contributed by atoms with Gasteiger partial charge in [0.2, 0.25) is 5.91 Å². The van der Waals surface area contributed by atoms with Crippen LogP contribution >= 0.6 is 0 Å². The van der Waals surface area contributed by atoms with Crippen molar-refractivity contribution in [2.24, 2.45) is 16.1 Å². The summed E-state index contributed by atoms with van der Waals surface area (Å²) >= 11 is 0. The average Bonchev–Trinajstić information content (AvgIpc) is 2.76. The summed E-state index contributed by atoms with van der Waals surface area (Å²) in [6, 6.07) is 15.3. The van der Waals surface area contributed by atoms with E-state index in [9.17, 15) is 25.2 Å². The number of phenols is 4. The molecule has 1 amide bonds. The monoisotopic (exact) mass is 446 g/mol. The average molecular weight is 446 g/mol. The molecule has 1 aliphatic rings. The number of carbonyl (C=O) groups excluding carboxylic acids is 1. The van der Waals surface area contributed by atoms with Crippen LogP contribution in [-0.4, -0.2) is 37.8 Å². The lowest BCUT2D eigenvalue weighted by molar-refractivity contribution is -0.121. The Bertz CT molecular complexity index is 1210. The Morgan fingerprint density at radius 2 is 1.52 bits per heavy atom. The van der Waals surface area contributed by atoms with Gasteiger partial charge in [0.1, 0.15) is 28.7 Å². The van der Waals surface area contributed by atoms with E-state index < -0.39 is 0 Å². The summed E-state index contributed by atoms with van der Waals surface area (Å²) in [5.41, 5.74) is 8.40. The molecular formula is C24H22N4O5. The lowest BCUT2D eigenvalue weighted by atomic mass is 9.94. The lowest BCUT2D eigenvalue weighted by Gasteiger charge is -2.19. The molecule has 0 saturated carbocycles. The van der Waals surface area contributed by atoms with E-state index in [0.29, 0.717) is 12.1 Å². The van der Waals surface area contributed by atoms with E-state index >= 15 is 0 Å². The molecule has 3 aromatic rings. The number of hydrogen-bond acceptors (Lipinski definition) is 8. The van der Waals surface area contributed by atoms with Crippen LogP contribution in [-0.2, 0) is 4.79 Å². The fourth-order valence-electron chi connectivity index (χ4n) is 3.54. The Labute approximate surface area is 189 Å². The van der Waals surface area contributed by atoms with Crippen molar-refractivity contribution < 1.29 is 25.2 Å². The number of amides is 1. The maximum atomic E-state index is 11.5. The first-order chi connectivity index (χ1) is 15.8. The summed E-state index contributed by atoms with van der Waals surface area (Å²) < 4.78 is 0. The Balaban J connectivity index is 1.66. The van der Waals surface area contributed by atoms with Crippen molar-refractivity contribution in [3.63, 3.8) is 0 Å². The molecule has 1 atom stereocenters. The molecule has 9 heteroatoms. The van der Waals surface area contributed by atoms with E-state index in [1.54, 1.807) is 12.1 Å². The van der Waals surface area contributed by atoms with Gasteiger partial charge < -0.3 is 20.4 Å². The summed E-state index contributed by atoms with van der Waals surface area (Å²) in [6.45, 7) is 1.94. The minimum Gasteiger partial charge on any atom is -0.508 e. The Kier molecular flexibility index (Phi) is 5.86. The van der Waals surface area contributed by atoms with Crippen molar-refractivity contribution in [2.75, 3.05) is 5.43 Å².